The maximum absolute atomic E-state index is 12.3. The molecule has 2 aromatic carbocycles. The fraction of sp³-hybridized carbons (Fsp3) is 0.250. The normalized spacial score (nSPS) is 12.1. The average molecular weight is 481 g/mol. The molecule has 9 nitrogen and oxygen atoms in total. The monoisotopic (exact) mass is 480 g/mol. The van der Waals surface area contributed by atoms with Crippen molar-refractivity contribution >= 4 is 29.3 Å². The number of ether oxygens (including phenoxy) is 2. The van der Waals surface area contributed by atoms with Gasteiger partial charge in [-0.15, -0.1) is 0 Å². The first-order chi connectivity index (χ1) is 16.5. The summed E-state index contributed by atoms with van der Waals surface area (Å²) in [4.78, 5) is 43.5. The number of H-pyrrole nitrogens is 1. The minimum Gasteiger partial charge on any atom is -0.486 e. The molecule has 2 amide bonds. The van der Waals surface area contributed by atoms with Gasteiger partial charge in [0.15, 0.2) is 16.7 Å². The van der Waals surface area contributed by atoms with Crippen LogP contribution in [0.1, 0.15) is 11.3 Å². The SMILES string of the molecule is O=C(Cc1cc(=O)[nH]c(SCC(=O)Nc2ccc3c(c2)OCCO3)n1)NCCc1ccccc1. The van der Waals surface area contributed by atoms with Gasteiger partial charge in [-0.2, -0.15) is 0 Å². The number of amides is 2. The van der Waals surface area contributed by atoms with Crippen LogP contribution in [0, 0.1) is 0 Å². The molecular weight excluding hydrogens is 456 g/mol. The summed E-state index contributed by atoms with van der Waals surface area (Å²) in [7, 11) is 0. The molecule has 1 aliphatic heterocycles. The molecule has 0 unspecified atom stereocenters. The topological polar surface area (TPSA) is 122 Å². The van der Waals surface area contributed by atoms with E-state index in [1.54, 1.807) is 18.2 Å². The highest BCUT2D eigenvalue weighted by Crippen LogP contribution is 2.32. The Kier molecular flexibility index (Phi) is 7.82. The summed E-state index contributed by atoms with van der Waals surface area (Å²) in [6.07, 6.45) is 0.699. The van der Waals surface area contributed by atoms with E-state index in [9.17, 15) is 14.4 Å². The lowest BCUT2D eigenvalue weighted by Gasteiger charge is -2.18. The van der Waals surface area contributed by atoms with Crippen LogP contribution in [0.25, 0.3) is 0 Å². The molecule has 4 rings (SSSR count). The molecule has 34 heavy (non-hydrogen) atoms. The molecule has 1 aromatic heterocycles. The van der Waals surface area contributed by atoms with Crippen molar-refractivity contribution in [1.82, 2.24) is 15.3 Å². The van der Waals surface area contributed by atoms with E-state index in [0.29, 0.717) is 42.6 Å². The van der Waals surface area contributed by atoms with Crippen molar-refractivity contribution in [2.24, 2.45) is 0 Å². The van der Waals surface area contributed by atoms with Crippen LogP contribution in [0.15, 0.2) is 64.5 Å². The second-order valence-corrected chi connectivity index (χ2v) is 8.46. The fourth-order valence-corrected chi connectivity index (χ4v) is 4.01. The van der Waals surface area contributed by atoms with Crippen LogP contribution in [-0.4, -0.2) is 47.3 Å². The third kappa shape index (κ3) is 6.85. The fourth-order valence-electron chi connectivity index (χ4n) is 3.31. The minimum absolute atomic E-state index is 0.0182. The lowest BCUT2D eigenvalue weighted by Crippen LogP contribution is -2.28. The van der Waals surface area contributed by atoms with Gasteiger partial charge in [-0.1, -0.05) is 42.1 Å². The Morgan fingerprint density at radius 2 is 1.79 bits per heavy atom. The second kappa shape index (κ2) is 11.4. The highest BCUT2D eigenvalue weighted by atomic mass is 32.2. The van der Waals surface area contributed by atoms with E-state index in [4.69, 9.17) is 9.47 Å². The highest BCUT2D eigenvalue weighted by Gasteiger charge is 2.14. The Labute approximate surface area is 200 Å². The number of thioether (sulfide) groups is 1. The minimum atomic E-state index is -0.378. The summed E-state index contributed by atoms with van der Waals surface area (Å²) in [6, 6.07) is 16.3. The Bertz CT molecular complexity index is 1220. The molecule has 0 aliphatic carbocycles. The number of nitrogens with zero attached hydrogens (tertiary/aromatic N) is 1. The number of carbonyl (C=O) groups is 2. The molecule has 0 radical (unpaired) electrons. The van der Waals surface area contributed by atoms with Gasteiger partial charge in [-0.05, 0) is 24.1 Å². The number of rotatable bonds is 9. The first kappa shape index (κ1) is 23.4. The number of anilines is 1. The van der Waals surface area contributed by atoms with Crippen LogP contribution in [-0.2, 0) is 22.4 Å². The summed E-state index contributed by atoms with van der Waals surface area (Å²) in [5.41, 5.74) is 1.68. The van der Waals surface area contributed by atoms with Gasteiger partial charge in [0.1, 0.15) is 13.2 Å². The summed E-state index contributed by atoms with van der Waals surface area (Å²) >= 11 is 1.08. The highest BCUT2D eigenvalue weighted by molar-refractivity contribution is 7.99. The predicted octanol–water partition coefficient (Wildman–Crippen LogP) is 2.17. The molecule has 3 aromatic rings. The zero-order valence-electron chi connectivity index (χ0n) is 18.3. The summed E-state index contributed by atoms with van der Waals surface area (Å²) in [5, 5.41) is 5.89. The van der Waals surface area contributed by atoms with Crippen LogP contribution in [0.4, 0.5) is 5.69 Å². The van der Waals surface area contributed by atoms with Crippen molar-refractivity contribution in [3.05, 3.63) is 76.2 Å². The van der Waals surface area contributed by atoms with E-state index in [-0.39, 0.29) is 34.7 Å². The van der Waals surface area contributed by atoms with Crippen LogP contribution in [0.3, 0.4) is 0 Å². The van der Waals surface area contributed by atoms with E-state index in [2.05, 4.69) is 20.6 Å². The maximum atomic E-state index is 12.3. The molecular formula is C24H24N4O5S. The second-order valence-electron chi connectivity index (χ2n) is 7.50. The number of aromatic amines is 1. The van der Waals surface area contributed by atoms with Crippen molar-refractivity contribution in [3.63, 3.8) is 0 Å². The molecule has 0 saturated carbocycles. The average Bonchev–Trinajstić information content (AvgIpc) is 2.83. The van der Waals surface area contributed by atoms with E-state index >= 15 is 0 Å². The standard InChI is InChI=1S/C24H24N4O5S/c29-21(25-9-8-16-4-2-1-3-5-16)13-18-14-22(30)28-24(27-18)34-15-23(31)26-17-6-7-19-20(12-17)33-11-10-32-19/h1-7,12,14H,8-11,13,15H2,(H,25,29)(H,26,31)(H,27,28,30). The zero-order valence-corrected chi connectivity index (χ0v) is 19.2. The number of hydrogen-bond donors (Lipinski definition) is 3. The number of fused-ring (bicyclic) bond motifs is 1. The van der Waals surface area contributed by atoms with Gasteiger partial charge in [0, 0.05) is 24.4 Å². The number of carbonyl (C=O) groups excluding carboxylic acids is 2. The van der Waals surface area contributed by atoms with Crippen molar-refractivity contribution < 1.29 is 19.1 Å². The zero-order chi connectivity index (χ0) is 23.8. The van der Waals surface area contributed by atoms with E-state index in [0.717, 1.165) is 23.7 Å². The number of aromatic nitrogens is 2. The van der Waals surface area contributed by atoms with Crippen molar-refractivity contribution in [2.75, 3.05) is 30.8 Å². The molecule has 10 heteroatoms. The first-order valence-corrected chi connectivity index (χ1v) is 11.8. The van der Waals surface area contributed by atoms with Gasteiger partial charge < -0.3 is 25.1 Å². The quantitative estimate of drug-likeness (QED) is 0.317. The van der Waals surface area contributed by atoms with Gasteiger partial charge in [0.2, 0.25) is 11.8 Å². The van der Waals surface area contributed by atoms with Gasteiger partial charge in [-0.3, -0.25) is 14.4 Å². The third-order valence-electron chi connectivity index (χ3n) is 4.86. The molecule has 0 spiro atoms. The molecule has 0 fully saturated rings. The predicted molar refractivity (Wildman–Crippen MR) is 129 cm³/mol. The molecule has 2 heterocycles. The van der Waals surface area contributed by atoms with Gasteiger partial charge >= 0.3 is 0 Å². The van der Waals surface area contributed by atoms with E-state index < -0.39 is 0 Å². The van der Waals surface area contributed by atoms with Gasteiger partial charge in [0.25, 0.3) is 5.56 Å². The van der Waals surface area contributed by atoms with Gasteiger partial charge in [0.05, 0.1) is 17.9 Å². The number of hydrogen-bond acceptors (Lipinski definition) is 7. The summed E-state index contributed by atoms with van der Waals surface area (Å²) in [5.74, 6) is 0.762. The maximum Gasteiger partial charge on any atom is 0.251 e. The molecule has 0 bridgehead atoms. The Morgan fingerprint density at radius 1 is 1.00 bits per heavy atom. The molecule has 3 N–H and O–H groups in total. The lowest BCUT2D eigenvalue weighted by molar-refractivity contribution is -0.120. The molecule has 0 saturated heterocycles. The van der Waals surface area contributed by atoms with E-state index in [1.807, 2.05) is 30.3 Å². The van der Waals surface area contributed by atoms with Crippen LogP contribution in [0.2, 0.25) is 0 Å². The van der Waals surface area contributed by atoms with Crippen molar-refractivity contribution in [3.8, 4) is 11.5 Å². The van der Waals surface area contributed by atoms with Crippen molar-refractivity contribution in [1.29, 1.82) is 0 Å². The first-order valence-electron chi connectivity index (χ1n) is 10.8. The third-order valence-corrected chi connectivity index (χ3v) is 5.73. The molecule has 176 valence electrons. The summed E-state index contributed by atoms with van der Waals surface area (Å²) < 4.78 is 11.0. The molecule has 0 atom stereocenters. The Morgan fingerprint density at radius 3 is 2.62 bits per heavy atom. The number of benzene rings is 2. The van der Waals surface area contributed by atoms with Crippen LogP contribution >= 0.6 is 11.8 Å². The Balaban J connectivity index is 1.26. The largest absolute Gasteiger partial charge is 0.486 e. The molecule has 1 aliphatic rings. The lowest BCUT2D eigenvalue weighted by atomic mass is 10.1. The summed E-state index contributed by atoms with van der Waals surface area (Å²) in [6.45, 7) is 1.45. The van der Waals surface area contributed by atoms with Crippen LogP contribution in [0.5, 0.6) is 11.5 Å². The smallest absolute Gasteiger partial charge is 0.251 e. The van der Waals surface area contributed by atoms with Gasteiger partial charge in [-0.25, -0.2) is 4.98 Å². The van der Waals surface area contributed by atoms with Crippen molar-refractivity contribution in [2.45, 2.75) is 18.0 Å². The van der Waals surface area contributed by atoms with Crippen LogP contribution < -0.4 is 25.7 Å². The number of nitrogens with one attached hydrogen (secondary N) is 3. The Hall–Kier alpha value is -3.79. The van der Waals surface area contributed by atoms with E-state index in [1.165, 1.54) is 6.07 Å².